The Labute approximate surface area is 129 Å². The van der Waals surface area contributed by atoms with Crippen LogP contribution in [-0.4, -0.2) is 42.4 Å². The van der Waals surface area contributed by atoms with Crippen LogP contribution in [-0.2, 0) is 4.74 Å². The Morgan fingerprint density at radius 3 is 2.24 bits per heavy atom. The molecule has 3 unspecified atom stereocenters. The van der Waals surface area contributed by atoms with Gasteiger partial charge >= 0.3 is 0 Å². The van der Waals surface area contributed by atoms with Crippen molar-refractivity contribution in [3.63, 3.8) is 0 Å². The molecule has 0 saturated carbocycles. The van der Waals surface area contributed by atoms with E-state index in [0.717, 1.165) is 18.5 Å². The van der Waals surface area contributed by atoms with Crippen molar-refractivity contribution < 1.29 is 9.84 Å². The van der Waals surface area contributed by atoms with Gasteiger partial charge in [0.1, 0.15) is 0 Å². The summed E-state index contributed by atoms with van der Waals surface area (Å²) in [6.07, 6.45) is 0.589. The summed E-state index contributed by atoms with van der Waals surface area (Å²) < 4.78 is 5.26. The molecule has 120 valence electrons. The summed E-state index contributed by atoms with van der Waals surface area (Å²) in [7, 11) is 1.73. The number of nitrogens with zero attached hydrogens (tertiary/aromatic N) is 1. The molecule has 3 heteroatoms. The predicted octanol–water partition coefficient (Wildman–Crippen LogP) is 3.49. The minimum Gasteiger partial charge on any atom is -0.387 e. The fraction of sp³-hybridized carbons (Fsp3) is 0.667. The lowest BCUT2D eigenvalue weighted by Gasteiger charge is -2.41. The standard InChI is InChI=1S/C18H31NO2/c1-6-15(4)19(12-13-21-5)17(14(2)3)18(20)16-10-8-7-9-11-16/h7-11,14-15,17-18,20H,6,12-13H2,1-5H3. The van der Waals surface area contributed by atoms with E-state index in [-0.39, 0.29) is 6.04 Å². The monoisotopic (exact) mass is 293 g/mol. The van der Waals surface area contributed by atoms with Crippen molar-refractivity contribution in [3.05, 3.63) is 35.9 Å². The second-order valence-corrected chi connectivity index (χ2v) is 6.08. The molecule has 3 atom stereocenters. The van der Waals surface area contributed by atoms with Crippen LogP contribution >= 0.6 is 0 Å². The van der Waals surface area contributed by atoms with Gasteiger partial charge in [0.25, 0.3) is 0 Å². The molecule has 0 aliphatic rings. The molecule has 0 amide bonds. The molecule has 0 radical (unpaired) electrons. The Balaban J connectivity index is 3.00. The number of aliphatic hydroxyl groups excluding tert-OH is 1. The lowest BCUT2D eigenvalue weighted by Crippen LogP contribution is -2.49. The molecule has 0 bridgehead atoms. The van der Waals surface area contributed by atoms with Crippen molar-refractivity contribution >= 4 is 0 Å². The number of methoxy groups -OCH3 is 1. The van der Waals surface area contributed by atoms with Crippen molar-refractivity contribution in [1.82, 2.24) is 4.90 Å². The van der Waals surface area contributed by atoms with Gasteiger partial charge in [0, 0.05) is 25.7 Å². The number of hydrogen-bond donors (Lipinski definition) is 1. The molecule has 0 aliphatic heterocycles. The molecule has 21 heavy (non-hydrogen) atoms. The highest BCUT2D eigenvalue weighted by Gasteiger charge is 2.32. The van der Waals surface area contributed by atoms with Crippen LogP contribution in [0.3, 0.4) is 0 Å². The fourth-order valence-corrected chi connectivity index (χ4v) is 2.87. The Morgan fingerprint density at radius 1 is 1.14 bits per heavy atom. The largest absolute Gasteiger partial charge is 0.387 e. The van der Waals surface area contributed by atoms with Crippen molar-refractivity contribution in [1.29, 1.82) is 0 Å². The van der Waals surface area contributed by atoms with E-state index in [1.165, 1.54) is 0 Å². The average Bonchev–Trinajstić information content (AvgIpc) is 2.50. The van der Waals surface area contributed by atoms with Gasteiger partial charge in [0.2, 0.25) is 0 Å². The maximum atomic E-state index is 10.9. The third kappa shape index (κ3) is 5.10. The first-order valence-corrected chi connectivity index (χ1v) is 8.00. The molecule has 1 aromatic rings. The van der Waals surface area contributed by atoms with Gasteiger partial charge in [-0.3, -0.25) is 4.90 Å². The molecular formula is C18H31NO2. The molecule has 0 saturated heterocycles. The van der Waals surface area contributed by atoms with Crippen LogP contribution in [0.4, 0.5) is 0 Å². The minimum absolute atomic E-state index is 0.0949. The lowest BCUT2D eigenvalue weighted by atomic mass is 9.90. The van der Waals surface area contributed by atoms with Crippen LogP contribution in [0.25, 0.3) is 0 Å². The van der Waals surface area contributed by atoms with Crippen LogP contribution < -0.4 is 0 Å². The lowest BCUT2D eigenvalue weighted by molar-refractivity contribution is -0.0106. The van der Waals surface area contributed by atoms with Crippen LogP contribution in [0.5, 0.6) is 0 Å². The van der Waals surface area contributed by atoms with E-state index in [2.05, 4.69) is 32.6 Å². The van der Waals surface area contributed by atoms with Crippen molar-refractivity contribution in [2.24, 2.45) is 5.92 Å². The summed E-state index contributed by atoms with van der Waals surface area (Å²) in [5.74, 6) is 0.367. The second kappa shape index (κ2) is 9.19. The Kier molecular flexibility index (Phi) is 7.94. The van der Waals surface area contributed by atoms with E-state index >= 15 is 0 Å². The molecule has 0 heterocycles. The maximum absolute atomic E-state index is 10.9. The zero-order valence-electron chi connectivity index (χ0n) is 14.1. The molecule has 1 aromatic carbocycles. The second-order valence-electron chi connectivity index (χ2n) is 6.08. The van der Waals surface area contributed by atoms with E-state index in [9.17, 15) is 5.11 Å². The number of ether oxygens (including phenoxy) is 1. The zero-order chi connectivity index (χ0) is 15.8. The highest BCUT2D eigenvalue weighted by molar-refractivity contribution is 5.19. The summed E-state index contributed by atoms with van der Waals surface area (Å²) in [5, 5.41) is 10.9. The summed E-state index contributed by atoms with van der Waals surface area (Å²) in [4.78, 5) is 2.39. The molecule has 1 rings (SSSR count). The fourth-order valence-electron chi connectivity index (χ4n) is 2.87. The summed E-state index contributed by atoms with van der Waals surface area (Å²) in [6, 6.07) is 10.5. The van der Waals surface area contributed by atoms with E-state index < -0.39 is 6.10 Å². The number of rotatable bonds is 9. The molecule has 0 aliphatic carbocycles. The van der Waals surface area contributed by atoms with Gasteiger partial charge in [-0.15, -0.1) is 0 Å². The van der Waals surface area contributed by atoms with E-state index in [1.54, 1.807) is 7.11 Å². The molecular weight excluding hydrogens is 262 g/mol. The van der Waals surface area contributed by atoms with Crippen LogP contribution in [0.15, 0.2) is 30.3 Å². The van der Waals surface area contributed by atoms with E-state index in [0.29, 0.717) is 18.6 Å². The van der Waals surface area contributed by atoms with Gasteiger partial charge in [0.05, 0.1) is 12.7 Å². The first kappa shape index (κ1) is 18.1. The van der Waals surface area contributed by atoms with Gasteiger partial charge in [-0.2, -0.15) is 0 Å². The topological polar surface area (TPSA) is 32.7 Å². The highest BCUT2D eigenvalue weighted by atomic mass is 16.5. The Hall–Kier alpha value is -0.900. The maximum Gasteiger partial charge on any atom is 0.0947 e. The molecule has 0 spiro atoms. The number of hydrogen-bond acceptors (Lipinski definition) is 3. The zero-order valence-corrected chi connectivity index (χ0v) is 14.1. The van der Waals surface area contributed by atoms with Crippen LogP contribution in [0, 0.1) is 5.92 Å². The summed E-state index contributed by atoms with van der Waals surface area (Å²) >= 11 is 0. The first-order valence-electron chi connectivity index (χ1n) is 8.00. The van der Waals surface area contributed by atoms with E-state index in [4.69, 9.17) is 4.74 Å². The van der Waals surface area contributed by atoms with Gasteiger partial charge in [-0.1, -0.05) is 51.1 Å². The average molecular weight is 293 g/mol. The summed E-state index contributed by atoms with van der Waals surface area (Å²) in [6.45, 7) is 10.3. The third-order valence-electron chi connectivity index (χ3n) is 4.24. The minimum atomic E-state index is -0.475. The third-order valence-corrected chi connectivity index (χ3v) is 4.24. The molecule has 0 fully saturated rings. The van der Waals surface area contributed by atoms with Crippen LogP contribution in [0.1, 0.15) is 45.8 Å². The highest BCUT2D eigenvalue weighted by Crippen LogP contribution is 2.28. The predicted molar refractivity (Wildman–Crippen MR) is 88.4 cm³/mol. The van der Waals surface area contributed by atoms with Crippen molar-refractivity contribution in [3.8, 4) is 0 Å². The molecule has 0 aromatic heterocycles. The normalized spacial score (nSPS) is 16.2. The number of benzene rings is 1. The Morgan fingerprint density at radius 2 is 1.76 bits per heavy atom. The SMILES string of the molecule is CCC(C)N(CCOC)C(C(C)C)C(O)c1ccccc1. The van der Waals surface area contributed by atoms with Crippen molar-refractivity contribution in [2.75, 3.05) is 20.3 Å². The smallest absolute Gasteiger partial charge is 0.0947 e. The first-order chi connectivity index (χ1) is 10.0. The van der Waals surface area contributed by atoms with Gasteiger partial charge < -0.3 is 9.84 Å². The summed E-state index contributed by atoms with van der Waals surface area (Å²) in [5.41, 5.74) is 0.988. The number of aliphatic hydroxyl groups is 1. The molecule has 3 nitrogen and oxygen atoms in total. The molecule has 1 N–H and O–H groups in total. The van der Waals surface area contributed by atoms with Crippen LogP contribution in [0.2, 0.25) is 0 Å². The van der Waals surface area contributed by atoms with Gasteiger partial charge in [-0.25, -0.2) is 0 Å². The van der Waals surface area contributed by atoms with Gasteiger partial charge in [0.15, 0.2) is 0 Å². The quantitative estimate of drug-likeness (QED) is 0.756. The van der Waals surface area contributed by atoms with E-state index in [1.807, 2.05) is 30.3 Å². The van der Waals surface area contributed by atoms with Gasteiger partial charge in [-0.05, 0) is 24.8 Å². The Bertz CT molecular complexity index is 380. The van der Waals surface area contributed by atoms with Crippen molar-refractivity contribution in [2.45, 2.75) is 52.3 Å².